The van der Waals surface area contributed by atoms with Gasteiger partial charge in [0, 0.05) is 50.1 Å². The number of halogens is 2. The molecule has 0 spiro atoms. The van der Waals surface area contributed by atoms with Gasteiger partial charge in [0.05, 0.1) is 23.8 Å². The van der Waals surface area contributed by atoms with E-state index in [1.807, 2.05) is 49.2 Å². The normalized spacial score (nSPS) is 14.0. The predicted octanol–water partition coefficient (Wildman–Crippen LogP) is 7.73. The maximum absolute atomic E-state index is 15.5. The molecule has 0 aliphatic carbocycles. The number of rotatable bonds is 7. The molecule has 1 aliphatic rings. The molecule has 1 aromatic carbocycles. The molecular formula is C31H39ClFN5O3Si. The second-order valence-electron chi connectivity index (χ2n) is 13.1. The number of hydrogen-bond donors (Lipinski definition) is 0. The second kappa shape index (κ2) is 11.5. The highest BCUT2D eigenvalue weighted by Gasteiger charge is 2.32. The Hall–Kier alpha value is -3.21. The Morgan fingerprint density at radius 3 is 2.62 bits per heavy atom. The van der Waals surface area contributed by atoms with Crippen molar-refractivity contribution in [3.05, 3.63) is 58.8 Å². The van der Waals surface area contributed by atoms with Crippen molar-refractivity contribution in [3.63, 3.8) is 0 Å². The third-order valence-corrected chi connectivity index (χ3v) is 9.28. The maximum Gasteiger partial charge on any atom is 0.410 e. The van der Waals surface area contributed by atoms with E-state index in [4.69, 9.17) is 31.2 Å². The van der Waals surface area contributed by atoms with Gasteiger partial charge in [-0.05, 0) is 63.1 Å². The minimum absolute atomic E-state index is 0.0254. The zero-order valence-corrected chi connectivity index (χ0v) is 27.2. The number of ether oxygens (including phenoxy) is 2. The molecule has 4 heterocycles. The third-order valence-electron chi connectivity index (χ3n) is 7.28. The molecule has 42 heavy (non-hydrogen) atoms. The Balaban J connectivity index is 1.62. The molecule has 0 atom stereocenters. The van der Waals surface area contributed by atoms with Crippen LogP contribution in [0.2, 0.25) is 30.7 Å². The topological polar surface area (TPSA) is 74.4 Å². The van der Waals surface area contributed by atoms with Gasteiger partial charge < -0.3 is 18.9 Å². The number of pyridine rings is 1. The highest BCUT2D eigenvalue weighted by atomic mass is 35.5. The van der Waals surface area contributed by atoms with E-state index in [1.54, 1.807) is 23.2 Å². The average molecular weight is 612 g/mol. The molecule has 1 aliphatic heterocycles. The lowest BCUT2D eigenvalue weighted by molar-refractivity contribution is 0.0195. The molecule has 1 amide bonds. The number of carbonyl (C=O) groups is 1. The Kier molecular flexibility index (Phi) is 8.26. The summed E-state index contributed by atoms with van der Waals surface area (Å²) in [6.07, 6.45) is 3.40. The Labute approximate surface area is 252 Å². The summed E-state index contributed by atoms with van der Waals surface area (Å²) in [7, 11) is -1.21. The van der Waals surface area contributed by atoms with Crippen LogP contribution in [0.5, 0.6) is 0 Å². The van der Waals surface area contributed by atoms with Gasteiger partial charge in [-0.15, -0.1) is 0 Å². The lowest BCUT2D eigenvalue weighted by Crippen LogP contribution is -2.41. The largest absolute Gasteiger partial charge is 0.444 e. The van der Waals surface area contributed by atoms with E-state index in [-0.39, 0.29) is 11.6 Å². The van der Waals surface area contributed by atoms with Crippen LogP contribution in [0.1, 0.15) is 32.0 Å². The molecule has 0 saturated heterocycles. The summed E-state index contributed by atoms with van der Waals surface area (Å²) in [5, 5.41) is 5.84. The first-order valence-corrected chi connectivity index (χ1v) is 18.4. The van der Waals surface area contributed by atoms with Gasteiger partial charge >= 0.3 is 6.09 Å². The van der Waals surface area contributed by atoms with Gasteiger partial charge in [0.25, 0.3) is 0 Å². The van der Waals surface area contributed by atoms with E-state index in [2.05, 4.69) is 19.6 Å². The Bertz CT molecular complexity index is 1640. The summed E-state index contributed by atoms with van der Waals surface area (Å²) >= 11 is 6.22. The molecule has 5 rings (SSSR count). The van der Waals surface area contributed by atoms with Crippen molar-refractivity contribution in [2.75, 3.05) is 13.2 Å². The summed E-state index contributed by atoms with van der Waals surface area (Å²) < 4.78 is 31.1. The van der Waals surface area contributed by atoms with E-state index >= 15 is 4.39 Å². The van der Waals surface area contributed by atoms with Crippen LogP contribution >= 0.6 is 11.6 Å². The zero-order valence-electron chi connectivity index (χ0n) is 25.4. The van der Waals surface area contributed by atoms with Crippen molar-refractivity contribution in [3.8, 4) is 22.4 Å². The molecule has 0 saturated carbocycles. The minimum atomic E-state index is -1.21. The van der Waals surface area contributed by atoms with Crippen molar-refractivity contribution in [2.24, 2.45) is 0 Å². The number of fused-ring (bicyclic) bond motifs is 2. The van der Waals surface area contributed by atoms with Gasteiger partial charge in [-0.3, -0.25) is 4.68 Å². The molecule has 0 fully saturated rings. The van der Waals surface area contributed by atoms with Crippen LogP contribution in [-0.2, 0) is 29.3 Å². The smallest absolute Gasteiger partial charge is 0.410 e. The summed E-state index contributed by atoms with van der Waals surface area (Å²) in [5.41, 5.74) is 4.35. The van der Waals surface area contributed by atoms with Gasteiger partial charge in [-0.2, -0.15) is 5.10 Å². The van der Waals surface area contributed by atoms with Gasteiger partial charge in [0.1, 0.15) is 23.7 Å². The SMILES string of the molecule is Cc1cn(COCC[Si](C)(C)C)c2nccc(-c3c(-c4cccc(Cl)c4F)nn4c3CN(C(=O)OC(C)(C)C)CC4)c12. The first-order valence-electron chi connectivity index (χ1n) is 14.3. The van der Waals surface area contributed by atoms with Gasteiger partial charge in [0.2, 0.25) is 0 Å². The van der Waals surface area contributed by atoms with Crippen molar-refractivity contribution >= 4 is 36.8 Å². The number of carbonyl (C=O) groups excluding carboxylic acids is 1. The fourth-order valence-corrected chi connectivity index (χ4v) is 6.15. The molecule has 8 nitrogen and oxygen atoms in total. The van der Waals surface area contributed by atoms with Crippen LogP contribution in [0.4, 0.5) is 9.18 Å². The van der Waals surface area contributed by atoms with E-state index in [1.165, 1.54) is 6.07 Å². The highest BCUT2D eigenvalue weighted by molar-refractivity contribution is 6.76. The first-order chi connectivity index (χ1) is 19.7. The van der Waals surface area contributed by atoms with Crippen LogP contribution in [-0.4, -0.2) is 57.2 Å². The Morgan fingerprint density at radius 1 is 1.14 bits per heavy atom. The molecule has 3 aromatic heterocycles. The number of aryl methyl sites for hydroxylation is 1. The number of aromatic nitrogens is 4. The molecule has 0 radical (unpaired) electrons. The zero-order chi connectivity index (χ0) is 30.4. The Morgan fingerprint density at radius 2 is 1.90 bits per heavy atom. The molecule has 4 aromatic rings. The summed E-state index contributed by atoms with van der Waals surface area (Å²) in [6, 6.07) is 7.94. The monoisotopic (exact) mass is 611 g/mol. The summed E-state index contributed by atoms with van der Waals surface area (Å²) in [4.78, 5) is 19.5. The fraction of sp³-hybridized carbons (Fsp3) is 0.452. The van der Waals surface area contributed by atoms with Gasteiger partial charge in [-0.25, -0.2) is 14.2 Å². The lowest BCUT2D eigenvalue weighted by atomic mass is 9.95. The molecule has 0 N–H and O–H groups in total. The summed E-state index contributed by atoms with van der Waals surface area (Å²) in [5.74, 6) is -0.532. The van der Waals surface area contributed by atoms with E-state index in [0.29, 0.717) is 37.7 Å². The van der Waals surface area contributed by atoms with Crippen molar-refractivity contribution in [1.82, 2.24) is 24.2 Å². The molecule has 11 heteroatoms. The van der Waals surface area contributed by atoms with E-state index < -0.39 is 25.6 Å². The van der Waals surface area contributed by atoms with E-state index in [0.717, 1.165) is 39.5 Å². The number of benzene rings is 1. The van der Waals surface area contributed by atoms with Crippen LogP contribution in [0.25, 0.3) is 33.4 Å². The number of amides is 1. The van der Waals surface area contributed by atoms with Crippen LogP contribution < -0.4 is 0 Å². The minimum Gasteiger partial charge on any atom is -0.444 e. The maximum atomic E-state index is 15.5. The quantitative estimate of drug-likeness (QED) is 0.158. The number of nitrogens with zero attached hydrogens (tertiary/aromatic N) is 5. The fourth-order valence-electron chi connectivity index (χ4n) is 5.22. The van der Waals surface area contributed by atoms with Crippen LogP contribution in [0.15, 0.2) is 36.7 Å². The highest BCUT2D eigenvalue weighted by Crippen LogP contribution is 2.42. The molecular weight excluding hydrogens is 573 g/mol. The van der Waals surface area contributed by atoms with Crippen molar-refractivity contribution in [2.45, 2.75) is 78.8 Å². The molecule has 0 bridgehead atoms. The predicted molar refractivity (Wildman–Crippen MR) is 167 cm³/mol. The van der Waals surface area contributed by atoms with Gasteiger partial charge in [-0.1, -0.05) is 37.3 Å². The average Bonchev–Trinajstić information content (AvgIpc) is 3.44. The number of hydrogen-bond acceptors (Lipinski definition) is 5. The first kappa shape index (κ1) is 30.3. The van der Waals surface area contributed by atoms with Crippen LogP contribution in [0.3, 0.4) is 0 Å². The van der Waals surface area contributed by atoms with Crippen molar-refractivity contribution in [1.29, 1.82) is 0 Å². The second-order valence-corrected chi connectivity index (χ2v) is 19.1. The van der Waals surface area contributed by atoms with Crippen molar-refractivity contribution < 1.29 is 18.7 Å². The standard InChI is InChI=1S/C31H39ClFN5O3Si/c1-20-17-37(19-40-15-16-42(5,6)7)29-25(20)21(11-12-34-29)26-24-18-36(30(39)41-31(2,3)4)13-14-38(24)35-28(26)22-9-8-10-23(32)27(22)33/h8-12,17H,13-16,18-19H2,1-7H3. The molecule has 224 valence electrons. The van der Waals surface area contributed by atoms with E-state index in [9.17, 15) is 4.79 Å². The van der Waals surface area contributed by atoms with Gasteiger partial charge in [0.15, 0.2) is 5.82 Å². The van der Waals surface area contributed by atoms with Crippen LogP contribution in [0, 0.1) is 12.7 Å². The lowest BCUT2D eigenvalue weighted by Gasteiger charge is -2.31. The summed E-state index contributed by atoms with van der Waals surface area (Å²) in [6.45, 7) is 16.8. The third kappa shape index (κ3) is 6.26. The molecule has 0 unspecified atom stereocenters.